The first kappa shape index (κ1) is 31.5. The average Bonchev–Trinajstić information content (AvgIpc) is 3.53. The number of amides is 1. The molecule has 1 aliphatic carbocycles. The van der Waals surface area contributed by atoms with Crippen LogP contribution in [0.25, 0.3) is 27.0 Å². The monoisotopic (exact) mass is 608 g/mol. The van der Waals surface area contributed by atoms with Crippen LogP contribution < -0.4 is 5.56 Å². The molecule has 0 saturated heterocycles. The lowest BCUT2D eigenvalue weighted by atomic mass is 9.89. The van der Waals surface area contributed by atoms with Gasteiger partial charge in [-0.3, -0.25) is 9.48 Å². The summed E-state index contributed by atoms with van der Waals surface area (Å²) in [4.78, 5) is 30.0. The Balaban J connectivity index is 0.00000198. The van der Waals surface area contributed by atoms with Gasteiger partial charge in [-0.2, -0.15) is 5.10 Å². The van der Waals surface area contributed by atoms with Crippen molar-refractivity contribution >= 4 is 33.1 Å². The molecule has 0 spiro atoms. The summed E-state index contributed by atoms with van der Waals surface area (Å²) in [7, 11) is 1.47. The zero-order valence-electron chi connectivity index (χ0n) is 24.5. The van der Waals surface area contributed by atoms with Crippen molar-refractivity contribution in [1.82, 2.24) is 19.7 Å². The van der Waals surface area contributed by atoms with E-state index < -0.39 is 40.8 Å². The molecule has 4 heterocycles. The molecule has 3 aromatic rings. The number of fused-ring (bicyclic) bond motifs is 2. The molecule has 42 heavy (non-hydrogen) atoms. The van der Waals surface area contributed by atoms with E-state index in [1.54, 1.807) is 31.5 Å². The number of hydrogen-bond acceptors (Lipinski definition) is 7. The number of ether oxygens (including phenoxy) is 3. The summed E-state index contributed by atoms with van der Waals surface area (Å²) in [6, 6.07) is 1.65. The highest BCUT2D eigenvalue weighted by molar-refractivity contribution is 7.17. The third-order valence-electron chi connectivity index (χ3n) is 6.52. The molecule has 1 amide bonds. The van der Waals surface area contributed by atoms with E-state index >= 15 is 8.78 Å². The third-order valence-corrected chi connectivity index (χ3v) is 7.47. The Morgan fingerprint density at radius 2 is 1.93 bits per heavy atom. The molecule has 2 aliphatic rings. The molecule has 3 aromatic heterocycles. The number of hydrogen-bond donors (Lipinski definition) is 1. The number of nitrogens with one attached hydrogen (secondary N) is 1. The quantitative estimate of drug-likeness (QED) is 0.328. The Labute approximate surface area is 245 Å². The SMILES string of the molecule is CC.COCCOC1CC(F)=CC(F)=C1c1c(-c2cc3n(n2)CCN(C(=O)OC(C)(C)C)C3)[nH]c(=O)c2scc(F)c12. The maximum atomic E-state index is 15.6. The van der Waals surface area contributed by atoms with Crippen molar-refractivity contribution in [3.8, 4) is 11.4 Å². The van der Waals surface area contributed by atoms with E-state index in [2.05, 4.69) is 10.1 Å². The van der Waals surface area contributed by atoms with Crippen LogP contribution in [0, 0.1) is 5.82 Å². The summed E-state index contributed by atoms with van der Waals surface area (Å²) in [5.74, 6) is -2.38. The molecule has 0 bridgehead atoms. The molecule has 0 radical (unpaired) electrons. The normalized spacial score (nSPS) is 17.1. The van der Waals surface area contributed by atoms with Gasteiger partial charge in [-0.05, 0) is 26.8 Å². The van der Waals surface area contributed by atoms with Crippen molar-refractivity contribution in [2.45, 2.75) is 65.8 Å². The van der Waals surface area contributed by atoms with Gasteiger partial charge in [-0.1, -0.05) is 13.8 Å². The van der Waals surface area contributed by atoms with E-state index in [1.807, 2.05) is 13.8 Å². The van der Waals surface area contributed by atoms with E-state index in [-0.39, 0.29) is 58.8 Å². The maximum absolute atomic E-state index is 15.6. The van der Waals surface area contributed by atoms with Crippen molar-refractivity contribution in [1.29, 1.82) is 0 Å². The van der Waals surface area contributed by atoms with Crippen LogP contribution in [0.2, 0.25) is 0 Å². The van der Waals surface area contributed by atoms with Gasteiger partial charge >= 0.3 is 6.09 Å². The largest absolute Gasteiger partial charge is 0.444 e. The second-order valence-electron chi connectivity index (χ2n) is 10.5. The zero-order chi connectivity index (χ0) is 30.8. The predicted molar refractivity (Wildman–Crippen MR) is 155 cm³/mol. The van der Waals surface area contributed by atoms with Crippen molar-refractivity contribution in [3.63, 3.8) is 0 Å². The molecular weight excluding hydrogens is 573 g/mol. The molecule has 0 saturated carbocycles. The minimum Gasteiger partial charge on any atom is -0.444 e. The van der Waals surface area contributed by atoms with Crippen LogP contribution in [0.15, 0.2) is 34.0 Å². The Bertz CT molecular complexity index is 1580. The van der Waals surface area contributed by atoms with Gasteiger partial charge in [0.2, 0.25) is 0 Å². The second-order valence-corrected chi connectivity index (χ2v) is 11.4. The lowest BCUT2D eigenvalue weighted by Gasteiger charge is -2.30. The topological polar surface area (TPSA) is 98.7 Å². The summed E-state index contributed by atoms with van der Waals surface area (Å²) < 4.78 is 63.2. The molecule has 5 rings (SSSR count). The molecular formula is C29H35F3N4O5S. The number of aromatic amines is 1. The first-order chi connectivity index (χ1) is 20.0. The standard InChI is InChI=1S/C27H29F3N4O5S.C2H6/c1-27(2,3)39-26(36)33-5-6-34-15(12-33)11-18(32-34)23-22(21-17(30)13-40-24(21)25(35)31-23)20-16(29)9-14(28)10-19(20)38-8-7-37-4;1-2/h9,11,13,19H,5-8,10,12H2,1-4H3,(H,31,35);1-2H3. The molecule has 1 N–H and O–H groups in total. The number of rotatable bonds is 6. The lowest BCUT2D eigenvalue weighted by molar-refractivity contribution is 0.0194. The number of thiophene rings is 1. The number of nitrogens with zero attached hydrogens (tertiary/aromatic N) is 3. The van der Waals surface area contributed by atoms with Gasteiger partial charge in [-0.25, -0.2) is 18.0 Å². The fourth-order valence-corrected chi connectivity index (χ4v) is 5.65. The van der Waals surface area contributed by atoms with Crippen LogP contribution >= 0.6 is 11.3 Å². The van der Waals surface area contributed by atoms with E-state index in [1.165, 1.54) is 17.4 Å². The van der Waals surface area contributed by atoms with Crippen molar-refractivity contribution in [2.75, 3.05) is 26.9 Å². The van der Waals surface area contributed by atoms with Crippen LogP contribution in [-0.2, 0) is 27.3 Å². The van der Waals surface area contributed by atoms with E-state index in [9.17, 15) is 14.0 Å². The number of pyridine rings is 1. The molecule has 0 aromatic carbocycles. The number of allylic oxidation sites excluding steroid dienone is 2. The summed E-state index contributed by atoms with van der Waals surface area (Å²) in [6.45, 7) is 10.4. The lowest BCUT2D eigenvalue weighted by Crippen LogP contribution is -2.41. The molecule has 228 valence electrons. The first-order valence-corrected chi connectivity index (χ1v) is 14.6. The molecule has 13 heteroatoms. The van der Waals surface area contributed by atoms with E-state index in [0.717, 1.165) is 17.4 Å². The highest BCUT2D eigenvalue weighted by atomic mass is 32.1. The molecule has 0 fully saturated rings. The van der Waals surface area contributed by atoms with Crippen LogP contribution in [-0.4, -0.2) is 64.3 Å². The van der Waals surface area contributed by atoms with Gasteiger partial charge in [0, 0.05) is 48.1 Å². The van der Waals surface area contributed by atoms with Crippen LogP contribution in [0.3, 0.4) is 0 Å². The fourth-order valence-electron chi connectivity index (χ4n) is 4.83. The Hall–Kier alpha value is -3.42. The summed E-state index contributed by atoms with van der Waals surface area (Å²) >= 11 is 0.885. The molecule has 9 nitrogen and oxygen atoms in total. The van der Waals surface area contributed by atoms with E-state index in [0.29, 0.717) is 18.8 Å². The minimum atomic E-state index is -1.10. The van der Waals surface area contributed by atoms with Crippen LogP contribution in [0.1, 0.15) is 52.3 Å². The summed E-state index contributed by atoms with van der Waals surface area (Å²) in [5, 5.41) is 5.68. The second kappa shape index (κ2) is 12.8. The van der Waals surface area contributed by atoms with Crippen molar-refractivity contribution < 1.29 is 32.2 Å². The molecule has 1 atom stereocenters. The Morgan fingerprint density at radius 1 is 1.19 bits per heavy atom. The first-order valence-electron chi connectivity index (χ1n) is 13.7. The van der Waals surface area contributed by atoms with Crippen molar-refractivity contribution in [2.24, 2.45) is 0 Å². The fraction of sp³-hybridized carbons (Fsp3) is 0.483. The summed E-state index contributed by atoms with van der Waals surface area (Å²) in [6.07, 6.45) is -1.11. The van der Waals surface area contributed by atoms with Gasteiger partial charge in [0.05, 0.1) is 43.8 Å². The molecule has 1 aliphatic heterocycles. The predicted octanol–water partition coefficient (Wildman–Crippen LogP) is 6.34. The number of methoxy groups -OCH3 is 1. The summed E-state index contributed by atoms with van der Waals surface area (Å²) in [5.41, 5.74) is -0.333. The average molecular weight is 609 g/mol. The smallest absolute Gasteiger partial charge is 0.410 e. The number of carbonyl (C=O) groups is 1. The zero-order valence-corrected chi connectivity index (χ0v) is 25.3. The third kappa shape index (κ3) is 6.47. The number of carbonyl (C=O) groups excluding carboxylic acids is 1. The van der Waals surface area contributed by atoms with Gasteiger partial charge in [0.1, 0.15) is 33.5 Å². The van der Waals surface area contributed by atoms with E-state index in [4.69, 9.17) is 14.2 Å². The highest BCUT2D eigenvalue weighted by Gasteiger charge is 2.34. The van der Waals surface area contributed by atoms with Gasteiger partial charge < -0.3 is 24.1 Å². The van der Waals surface area contributed by atoms with Crippen molar-refractivity contribution in [3.05, 3.63) is 56.6 Å². The van der Waals surface area contributed by atoms with Gasteiger partial charge in [-0.15, -0.1) is 11.3 Å². The van der Waals surface area contributed by atoms with Gasteiger partial charge in [0.15, 0.2) is 0 Å². The Morgan fingerprint density at radius 3 is 2.62 bits per heavy atom. The van der Waals surface area contributed by atoms with Crippen LogP contribution in [0.5, 0.6) is 0 Å². The van der Waals surface area contributed by atoms with Crippen LogP contribution in [0.4, 0.5) is 18.0 Å². The number of aromatic nitrogens is 3. The number of halogens is 3. The molecule has 1 unspecified atom stereocenters. The Kier molecular flexibility index (Phi) is 9.63. The minimum absolute atomic E-state index is 0.0384. The number of H-pyrrole nitrogens is 1. The van der Waals surface area contributed by atoms with Gasteiger partial charge in [0.25, 0.3) is 5.56 Å². The maximum Gasteiger partial charge on any atom is 0.410 e. The highest BCUT2D eigenvalue weighted by Crippen LogP contribution is 2.43.